The number of aromatic nitrogens is 2. The SMILES string of the molecule is COCCNC(=NCc1cn(C)nc1-c1ccccc1)NCC(=O)N(C)C. The fourth-order valence-corrected chi connectivity index (χ4v) is 2.42. The smallest absolute Gasteiger partial charge is 0.241 e. The zero-order chi connectivity index (χ0) is 19.6. The number of aryl methyl sites for hydroxylation is 1. The molecule has 1 aromatic heterocycles. The van der Waals surface area contributed by atoms with Crippen LogP contribution >= 0.6 is 0 Å². The molecule has 0 radical (unpaired) electrons. The third kappa shape index (κ3) is 6.41. The maximum atomic E-state index is 11.8. The van der Waals surface area contributed by atoms with Gasteiger partial charge in [-0.25, -0.2) is 4.99 Å². The lowest BCUT2D eigenvalue weighted by Crippen LogP contribution is -2.43. The quantitative estimate of drug-likeness (QED) is 0.408. The van der Waals surface area contributed by atoms with Crippen LogP contribution in [0.5, 0.6) is 0 Å². The Morgan fingerprint density at radius 2 is 2.00 bits per heavy atom. The number of guanidine groups is 1. The van der Waals surface area contributed by atoms with E-state index in [0.717, 1.165) is 16.8 Å². The molecule has 2 aromatic rings. The molecule has 0 bridgehead atoms. The summed E-state index contributed by atoms with van der Waals surface area (Å²) >= 11 is 0. The Bertz CT molecular complexity index is 755. The predicted molar refractivity (Wildman–Crippen MR) is 106 cm³/mol. The molecule has 0 atom stereocenters. The van der Waals surface area contributed by atoms with Crippen molar-refractivity contribution in [2.75, 3.05) is 40.9 Å². The Morgan fingerprint density at radius 1 is 1.26 bits per heavy atom. The Kier molecular flexibility index (Phi) is 7.81. The van der Waals surface area contributed by atoms with E-state index in [1.165, 1.54) is 4.90 Å². The summed E-state index contributed by atoms with van der Waals surface area (Å²) in [5, 5.41) is 10.8. The number of nitrogens with zero attached hydrogens (tertiary/aromatic N) is 4. The highest BCUT2D eigenvalue weighted by Crippen LogP contribution is 2.22. The van der Waals surface area contributed by atoms with Crippen LogP contribution in [0.1, 0.15) is 5.56 Å². The molecule has 0 aliphatic carbocycles. The summed E-state index contributed by atoms with van der Waals surface area (Å²) in [6.07, 6.45) is 1.96. The molecule has 27 heavy (non-hydrogen) atoms. The number of likely N-dealkylation sites (N-methyl/N-ethyl adjacent to an activating group) is 1. The fourth-order valence-electron chi connectivity index (χ4n) is 2.42. The fraction of sp³-hybridized carbons (Fsp3) is 0.421. The van der Waals surface area contributed by atoms with Crippen molar-refractivity contribution in [2.24, 2.45) is 12.0 Å². The number of carbonyl (C=O) groups excluding carboxylic acids is 1. The van der Waals surface area contributed by atoms with Crippen LogP contribution in [-0.4, -0.2) is 67.4 Å². The van der Waals surface area contributed by atoms with Crippen molar-refractivity contribution in [3.8, 4) is 11.3 Å². The summed E-state index contributed by atoms with van der Waals surface area (Å²) in [6.45, 7) is 1.75. The van der Waals surface area contributed by atoms with E-state index in [0.29, 0.717) is 25.7 Å². The number of aliphatic imine (C=N–C) groups is 1. The maximum Gasteiger partial charge on any atom is 0.241 e. The van der Waals surface area contributed by atoms with Gasteiger partial charge in [0.15, 0.2) is 5.96 Å². The second-order valence-electron chi connectivity index (χ2n) is 6.27. The second-order valence-corrected chi connectivity index (χ2v) is 6.27. The lowest BCUT2D eigenvalue weighted by molar-refractivity contribution is -0.127. The average molecular weight is 372 g/mol. The standard InChI is InChI=1S/C19H28N6O2/c1-24(2)17(26)13-22-19(20-10-11-27-4)21-12-16-14-25(3)23-18(16)15-8-6-5-7-9-15/h5-9,14H,10-13H2,1-4H3,(H2,20,21,22). The maximum absolute atomic E-state index is 11.8. The van der Waals surface area contributed by atoms with Gasteiger partial charge in [-0.15, -0.1) is 0 Å². The lowest BCUT2D eigenvalue weighted by Gasteiger charge is -2.14. The highest BCUT2D eigenvalue weighted by molar-refractivity contribution is 5.86. The molecule has 8 nitrogen and oxygen atoms in total. The molecule has 146 valence electrons. The lowest BCUT2D eigenvalue weighted by atomic mass is 10.1. The molecule has 0 unspecified atom stereocenters. The normalized spacial score (nSPS) is 11.3. The molecular formula is C19H28N6O2. The second kappa shape index (κ2) is 10.3. The molecule has 0 fully saturated rings. The van der Waals surface area contributed by atoms with Crippen molar-refractivity contribution < 1.29 is 9.53 Å². The Morgan fingerprint density at radius 3 is 2.67 bits per heavy atom. The zero-order valence-corrected chi connectivity index (χ0v) is 16.4. The minimum Gasteiger partial charge on any atom is -0.383 e. The van der Waals surface area contributed by atoms with Crippen LogP contribution in [0, 0.1) is 0 Å². The number of methoxy groups -OCH3 is 1. The first-order valence-electron chi connectivity index (χ1n) is 8.80. The number of benzene rings is 1. The number of hydrogen-bond donors (Lipinski definition) is 2. The van der Waals surface area contributed by atoms with E-state index in [1.807, 2.05) is 43.6 Å². The number of carbonyl (C=O) groups is 1. The molecule has 0 saturated heterocycles. The topological polar surface area (TPSA) is 83.8 Å². The van der Waals surface area contributed by atoms with Gasteiger partial charge in [0.2, 0.25) is 5.91 Å². The number of ether oxygens (including phenoxy) is 1. The van der Waals surface area contributed by atoms with Gasteiger partial charge in [0.25, 0.3) is 0 Å². The summed E-state index contributed by atoms with van der Waals surface area (Å²) in [6, 6.07) is 10.0. The van der Waals surface area contributed by atoms with Crippen molar-refractivity contribution in [1.82, 2.24) is 25.3 Å². The predicted octanol–water partition coefficient (Wildman–Crippen LogP) is 0.857. The van der Waals surface area contributed by atoms with Crippen LogP contribution in [0.3, 0.4) is 0 Å². The molecule has 0 spiro atoms. The van der Waals surface area contributed by atoms with Crippen LogP contribution in [0.25, 0.3) is 11.3 Å². The Balaban J connectivity index is 2.13. The van der Waals surface area contributed by atoms with Crippen LogP contribution in [0.4, 0.5) is 0 Å². The van der Waals surface area contributed by atoms with Gasteiger partial charge < -0.3 is 20.3 Å². The Hall–Kier alpha value is -2.87. The largest absolute Gasteiger partial charge is 0.383 e. The van der Waals surface area contributed by atoms with Gasteiger partial charge in [-0.2, -0.15) is 5.10 Å². The van der Waals surface area contributed by atoms with Crippen LogP contribution in [0.2, 0.25) is 0 Å². The molecule has 0 saturated carbocycles. The minimum atomic E-state index is -0.0254. The molecule has 1 heterocycles. The van der Waals surface area contributed by atoms with E-state index in [-0.39, 0.29) is 12.5 Å². The van der Waals surface area contributed by atoms with Crippen molar-refractivity contribution in [2.45, 2.75) is 6.54 Å². The van der Waals surface area contributed by atoms with E-state index >= 15 is 0 Å². The summed E-state index contributed by atoms with van der Waals surface area (Å²) in [5.74, 6) is 0.535. The van der Waals surface area contributed by atoms with Gasteiger partial charge in [-0.3, -0.25) is 9.48 Å². The first kappa shape index (κ1) is 20.4. The number of amides is 1. The van der Waals surface area contributed by atoms with Gasteiger partial charge in [-0.1, -0.05) is 30.3 Å². The van der Waals surface area contributed by atoms with Crippen LogP contribution in [0.15, 0.2) is 41.5 Å². The zero-order valence-electron chi connectivity index (χ0n) is 16.4. The van der Waals surface area contributed by atoms with E-state index in [1.54, 1.807) is 25.9 Å². The molecular weight excluding hydrogens is 344 g/mol. The number of nitrogens with one attached hydrogen (secondary N) is 2. The van der Waals surface area contributed by atoms with E-state index in [9.17, 15) is 4.79 Å². The molecule has 2 N–H and O–H groups in total. The summed E-state index contributed by atoms with van der Waals surface area (Å²) in [5.41, 5.74) is 2.96. The van der Waals surface area contributed by atoms with Crippen molar-refractivity contribution in [1.29, 1.82) is 0 Å². The van der Waals surface area contributed by atoms with Crippen molar-refractivity contribution in [3.05, 3.63) is 42.1 Å². The van der Waals surface area contributed by atoms with E-state index in [4.69, 9.17) is 4.74 Å². The average Bonchev–Trinajstić information content (AvgIpc) is 3.04. The van der Waals surface area contributed by atoms with Crippen molar-refractivity contribution in [3.63, 3.8) is 0 Å². The van der Waals surface area contributed by atoms with Gasteiger partial charge in [0.05, 0.1) is 25.4 Å². The van der Waals surface area contributed by atoms with E-state index in [2.05, 4.69) is 20.7 Å². The van der Waals surface area contributed by atoms with Gasteiger partial charge >= 0.3 is 0 Å². The van der Waals surface area contributed by atoms with E-state index < -0.39 is 0 Å². The third-order valence-corrected chi connectivity index (χ3v) is 3.86. The molecule has 1 aromatic carbocycles. The van der Waals surface area contributed by atoms with Gasteiger partial charge in [0.1, 0.15) is 0 Å². The van der Waals surface area contributed by atoms with Crippen LogP contribution in [-0.2, 0) is 23.1 Å². The number of hydrogen-bond acceptors (Lipinski definition) is 4. The molecule has 1 amide bonds. The van der Waals surface area contributed by atoms with Gasteiger partial charge in [0, 0.05) is 52.1 Å². The molecule has 0 aliphatic rings. The highest BCUT2D eigenvalue weighted by Gasteiger charge is 2.11. The van der Waals surface area contributed by atoms with Crippen LogP contribution < -0.4 is 10.6 Å². The molecule has 2 rings (SSSR count). The monoisotopic (exact) mass is 372 g/mol. The third-order valence-electron chi connectivity index (χ3n) is 3.86. The number of rotatable bonds is 8. The molecule has 8 heteroatoms. The van der Waals surface area contributed by atoms with Crippen molar-refractivity contribution >= 4 is 11.9 Å². The highest BCUT2D eigenvalue weighted by atomic mass is 16.5. The first-order chi connectivity index (χ1) is 13.0. The summed E-state index contributed by atoms with van der Waals surface area (Å²) < 4.78 is 6.85. The van der Waals surface area contributed by atoms with Gasteiger partial charge in [-0.05, 0) is 0 Å². The summed E-state index contributed by atoms with van der Waals surface area (Å²) in [4.78, 5) is 18.0. The minimum absolute atomic E-state index is 0.0254. The Labute approximate surface area is 160 Å². The molecule has 0 aliphatic heterocycles. The summed E-state index contributed by atoms with van der Waals surface area (Å²) in [7, 11) is 6.98. The first-order valence-corrected chi connectivity index (χ1v) is 8.80.